The number of rotatable bonds is 9. The molecule has 7 heteroatoms. The summed E-state index contributed by atoms with van der Waals surface area (Å²) in [7, 11) is 0. The Morgan fingerprint density at radius 2 is 1.71 bits per heavy atom. The van der Waals surface area contributed by atoms with Crippen LogP contribution in [0.5, 0.6) is 11.5 Å². The van der Waals surface area contributed by atoms with Gasteiger partial charge < -0.3 is 19.5 Å². The molecule has 1 aliphatic rings. The van der Waals surface area contributed by atoms with Gasteiger partial charge >= 0.3 is 0 Å². The Kier molecular flexibility index (Phi) is 7.47. The van der Waals surface area contributed by atoms with E-state index < -0.39 is 0 Å². The van der Waals surface area contributed by atoms with Crippen LogP contribution < -0.4 is 14.8 Å². The van der Waals surface area contributed by atoms with E-state index in [0.29, 0.717) is 41.4 Å². The van der Waals surface area contributed by atoms with Crippen LogP contribution >= 0.6 is 24.0 Å². The molecule has 146 valence electrons. The predicted molar refractivity (Wildman–Crippen MR) is 116 cm³/mol. The average molecular weight is 416 g/mol. The molecular formula is C21H21NO4S2. The zero-order valence-corrected chi connectivity index (χ0v) is 17.1. The molecule has 0 aromatic heterocycles. The fourth-order valence-electron chi connectivity index (χ4n) is 2.46. The molecule has 1 amide bonds. The largest absolute Gasteiger partial charge is 0.491 e. The molecule has 1 aliphatic heterocycles. The van der Waals surface area contributed by atoms with Crippen LogP contribution in [0.1, 0.15) is 11.1 Å². The minimum atomic E-state index is -0.179. The number of nitrogens with one attached hydrogen (secondary N) is 1. The lowest BCUT2D eigenvalue weighted by Gasteiger charge is -2.10. The maximum Gasteiger partial charge on any atom is 0.263 e. The second-order valence-electron chi connectivity index (χ2n) is 6.01. The molecule has 0 aliphatic carbocycles. The van der Waals surface area contributed by atoms with E-state index in [1.807, 2.05) is 55.5 Å². The van der Waals surface area contributed by atoms with Gasteiger partial charge in [-0.1, -0.05) is 59.9 Å². The number of amides is 1. The molecule has 0 spiro atoms. The number of hydrogen-bond donors (Lipinski definition) is 1. The molecule has 1 N–H and O–H groups in total. The zero-order chi connectivity index (χ0) is 19.8. The molecule has 3 rings (SSSR count). The first-order chi connectivity index (χ1) is 13.6. The second kappa shape index (κ2) is 10.3. The third-order valence-corrected chi connectivity index (χ3v) is 5.01. The van der Waals surface area contributed by atoms with Gasteiger partial charge in [0.15, 0.2) is 0 Å². The van der Waals surface area contributed by atoms with Crippen molar-refractivity contribution in [2.24, 2.45) is 0 Å². The summed E-state index contributed by atoms with van der Waals surface area (Å²) in [5.41, 5.74) is 2.03. The number of thioether (sulfide) groups is 1. The monoisotopic (exact) mass is 415 g/mol. The Morgan fingerprint density at radius 3 is 2.43 bits per heavy atom. The minimum absolute atomic E-state index is 0.179. The van der Waals surface area contributed by atoms with E-state index in [9.17, 15) is 4.79 Å². The summed E-state index contributed by atoms with van der Waals surface area (Å²) in [6.45, 7) is 3.86. The van der Waals surface area contributed by atoms with Crippen LogP contribution in [-0.4, -0.2) is 36.7 Å². The fourth-order valence-corrected chi connectivity index (χ4v) is 3.49. The lowest BCUT2D eigenvalue weighted by atomic mass is 10.2. The summed E-state index contributed by atoms with van der Waals surface area (Å²) >= 11 is 6.26. The second-order valence-corrected chi connectivity index (χ2v) is 7.73. The number of hydrogen-bond acceptors (Lipinski definition) is 6. The zero-order valence-electron chi connectivity index (χ0n) is 15.5. The molecule has 28 heavy (non-hydrogen) atoms. The van der Waals surface area contributed by atoms with Crippen molar-refractivity contribution < 1.29 is 19.0 Å². The number of benzene rings is 2. The Bertz CT molecular complexity index is 865. The number of carbonyl (C=O) groups is 1. The van der Waals surface area contributed by atoms with Crippen molar-refractivity contribution in [1.29, 1.82) is 0 Å². The van der Waals surface area contributed by atoms with Gasteiger partial charge in [-0.2, -0.15) is 0 Å². The average Bonchev–Trinajstić information content (AvgIpc) is 3.00. The van der Waals surface area contributed by atoms with Gasteiger partial charge in [0.05, 0.1) is 18.1 Å². The minimum Gasteiger partial charge on any atom is -0.491 e. The Labute approximate surface area is 174 Å². The van der Waals surface area contributed by atoms with Gasteiger partial charge in [-0.05, 0) is 31.2 Å². The van der Waals surface area contributed by atoms with Crippen molar-refractivity contribution in [3.05, 3.63) is 64.6 Å². The van der Waals surface area contributed by atoms with E-state index in [-0.39, 0.29) is 5.91 Å². The van der Waals surface area contributed by atoms with Crippen LogP contribution in [0.3, 0.4) is 0 Å². The van der Waals surface area contributed by atoms with Gasteiger partial charge in [0.1, 0.15) is 29.0 Å². The van der Waals surface area contributed by atoms with Crippen LogP contribution in [0.15, 0.2) is 53.4 Å². The van der Waals surface area contributed by atoms with Crippen LogP contribution in [0, 0.1) is 6.92 Å². The Morgan fingerprint density at radius 1 is 1.00 bits per heavy atom. The quantitative estimate of drug-likeness (QED) is 0.380. The molecule has 1 saturated heterocycles. The van der Waals surface area contributed by atoms with E-state index in [1.165, 1.54) is 17.3 Å². The van der Waals surface area contributed by atoms with Gasteiger partial charge in [-0.25, -0.2) is 0 Å². The number of thiocarbonyl (C=S) groups is 1. The van der Waals surface area contributed by atoms with Crippen LogP contribution in [0.2, 0.25) is 0 Å². The van der Waals surface area contributed by atoms with E-state index in [1.54, 1.807) is 6.08 Å². The molecular weight excluding hydrogens is 394 g/mol. The van der Waals surface area contributed by atoms with Crippen LogP contribution in [0.4, 0.5) is 0 Å². The van der Waals surface area contributed by atoms with Crippen molar-refractivity contribution in [2.75, 3.05) is 26.4 Å². The highest BCUT2D eigenvalue weighted by Crippen LogP contribution is 2.29. The first-order valence-electron chi connectivity index (χ1n) is 8.86. The highest BCUT2D eigenvalue weighted by molar-refractivity contribution is 8.26. The van der Waals surface area contributed by atoms with Gasteiger partial charge in [0.25, 0.3) is 5.91 Å². The van der Waals surface area contributed by atoms with Crippen LogP contribution in [0.25, 0.3) is 6.08 Å². The SMILES string of the molecule is Cc1ccc(OCCOCCOc2ccccc2/C=C2\SC(=S)NC2=O)cc1. The summed E-state index contributed by atoms with van der Waals surface area (Å²) in [4.78, 5) is 12.4. The third-order valence-electron chi connectivity index (χ3n) is 3.85. The topological polar surface area (TPSA) is 56.8 Å². The van der Waals surface area contributed by atoms with E-state index in [2.05, 4.69) is 5.32 Å². The summed E-state index contributed by atoms with van der Waals surface area (Å²) in [6, 6.07) is 15.5. The first-order valence-corrected chi connectivity index (χ1v) is 10.1. The number of para-hydroxylation sites is 1. The Balaban J connectivity index is 1.40. The lowest BCUT2D eigenvalue weighted by molar-refractivity contribution is -0.115. The van der Waals surface area contributed by atoms with Gasteiger partial charge in [-0.15, -0.1) is 0 Å². The van der Waals surface area contributed by atoms with Crippen molar-refractivity contribution in [3.8, 4) is 11.5 Å². The standard InChI is InChI=1S/C21H21NO4S2/c1-15-6-8-17(9-7-15)25-12-10-24-11-13-26-18-5-3-2-4-16(18)14-19-20(23)22-21(27)28-19/h2-9,14H,10-13H2,1H3,(H,22,23,27)/b19-14-. The van der Waals surface area contributed by atoms with Crippen molar-refractivity contribution in [2.45, 2.75) is 6.92 Å². The van der Waals surface area contributed by atoms with Gasteiger partial charge in [0, 0.05) is 5.56 Å². The van der Waals surface area contributed by atoms with Gasteiger partial charge in [-0.3, -0.25) is 4.79 Å². The first kappa shape index (κ1) is 20.4. The van der Waals surface area contributed by atoms with E-state index >= 15 is 0 Å². The van der Waals surface area contributed by atoms with E-state index in [0.717, 1.165) is 11.3 Å². The maximum atomic E-state index is 11.8. The number of aryl methyl sites for hydroxylation is 1. The highest BCUT2D eigenvalue weighted by atomic mass is 32.2. The molecule has 2 aromatic rings. The molecule has 0 atom stereocenters. The molecule has 1 heterocycles. The summed E-state index contributed by atoms with van der Waals surface area (Å²) in [5.74, 6) is 1.35. The lowest BCUT2D eigenvalue weighted by Crippen LogP contribution is -2.17. The Hall–Kier alpha value is -2.35. The van der Waals surface area contributed by atoms with Crippen molar-refractivity contribution in [3.63, 3.8) is 0 Å². The molecule has 0 radical (unpaired) electrons. The molecule has 1 fully saturated rings. The van der Waals surface area contributed by atoms with Gasteiger partial charge in [0.2, 0.25) is 0 Å². The van der Waals surface area contributed by atoms with Crippen molar-refractivity contribution in [1.82, 2.24) is 5.32 Å². The van der Waals surface area contributed by atoms with Crippen LogP contribution in [-0.2, 0) is 9.53 Å². The summed E-state index contributed by atoms with van der Waals surface area (Å²) < 4.78 is 17.4. The number of ether oxygens (including phenoxy) is 3. The fraction of sp³-hybridized carbons (Fsp3) is 0.238. The predicted octanol–water partition coefficient (Wildman–Crippen LogP) is 3.96. The highest BCUT2D eigenvalue weighted by Gasteiger charge is 2.22. The smallest absolute Gasteiger partial charge is 0.263 e. The van der Waals surface area contributed by atoms with Crippen molar-refractivity contribution >= 4 is 40.3 Å². The molecule has 0 bridgehead atoms. The molecule has 0 unspecified atom stereocenters. The molecule has 0 saturated carbocycles. The summed E-state index contributed by atoms with van der Waals surface area (Å²) in [5, 5.41) is 2.61. The summed E-state index contributed by atoms with van der Waals surface area (Å²) in [6.07, 6.45) is 1.78. The maximum absolute atomic E-state index is 11.8. The molecule has 5 nitrogen and oxygen atoms in total. The van der Waals surface area contributed by atoms with E-state index in [4.69, 9.17) is 26.4 Å². The third kappa shape index (κ3) is 6.09. The normalized spacial score (nSPS) is 15.0. The number of carbonyl (C=O) groups excluding carboxylic acids is 1. The molecule has 2 aromatic carbocycles.